The number of benzene rings is 1. The third kappa shape index (κ3) is 4.79. The van der Waals surface area contributed by atoms with Crippen LogP contribution in [-0.4, -0.2) is 18.6 Å². The average Bonchev–Trinajstić information content (AvgIpc) is 2.94. The third-order valence-electron chi connectivity index (χ3n) is 2.92. The van der Waals surface area contributed by atoms with Crippen molar-refractivity contribution in [2.24, 2.45) is 5.73 Å². The average molecular weight is 324 g/mol. The summed E-state index contributed by atoms with van der Waals surface area (Å²) in [6.07, 6.45) is 0.291. The smallest absolute Gasteiger partial charge is 0.323 e. The van der Waals surface area contributed by atoms with Gasteiger partial charge in [-0.1, -0.05) is 11.6 Å². The van der Waals surface area contributed by atoms with Crippen LogP contribution in [0.2, 0.25) is 5.02 Å². The van der Waals surface area contributed by atoms with Gasteiger partial charge < -0.3 is 19.6 Å². The molecule has 6 heteroatoms. The summed E-state index contributed by atoms with van der Waals surface area (Å²) in [6.45, 7) is 2.34. The van der Waals surface area contributed by atoms with E-state index in [2.05, 4.69) is 0 Å². The van der Waals surface area contributed by atoms with E-state index in [1.54, 1.807) is 43.3 Å². The molecule has 0 aliphatic heterocycles. The van der Waals surface area contributed by atoms with Gasteiger partial charge in [0.15, 0.2) is 0 Å². The van der Waals surface area contributed by atoms with Gasteiger partial charge in [0.1, 0.15) is 29.9 Å². The second kappa shape index (κ2) is 7.87. The Kier molecular flexibility index (Phi) is 5.86. The Morgan fingerprint density at radius 3 is 2.59 bits per heavy atom. The number of carbonyl (C=O) groups is 1. The van der Waals surface area contributed by atoms with E-state index in [1.165, 1.54) is 0 Å². The molecule has 1 atom stereocenters. The van der Waals surface area contributed by atoms with Gasteiger partial charge in [0.2, 0.25) is 0 Å². The molecule has 1 unspecified atom stereocenters. The van der Waals surface area contributed by atoms with Crippen molar-refractivity contribution >= 4 is 17.6 Å². The van der Waals surface area contributed by atoms with Crippen LogP contribution in [0.25, 0.3) is 0 Å². The summed E-state index contributed by atoms with van der Waals surface area (Å²) in [4.78, 5) is 11.5. The Labute approximate surface area is 134 Å². The van der Waals surface area contributed by atoms with Crippen molar-refractivity contribution in [2.75, 3.05) is 6.61 Å². The van der Waals surface area contributed by atoms with Crippen LogP contribution in [0.1, 0.15) is 18.4 Å². The van der Waals surface area contributed by atoms with Gasteiger partial charge in [0, 0.05) is 11.4 Å². The van der Waals surface area contributed by atoms with Crippen LogP contribution in [0, 0.1) is 0 Å². The van der Waals surface area contributed by atoms with Gasteiger partial charge in [0.25, 0.3) is 0 Å². The van der Waals surface area contributed by atoms with Gasteiger partial charge in [0.05, 0.1) is 6.61 Å². The molecule has 1 aromatic carbocycles. The standard InChI is InChI=1S/C16H18ClNO4/c1-2-20-16(19)15(18)9-13-7-8-14(22-13)10-21-12-5-3-11(17)4-6-12/h3-8,15H,2,9-10,18H2,1H3. The first-order valence-electron chi connectivity index (χ1n) is 6.96. The molecule has 0 amide bonds. The van der Waals surface area contributed by atoms with Crippen LogP contribution in [0.15, 0.2) is 40.8 Å². The first-order valence-corrected chi connectivity index (χ1v) is 7.34. The minimum Gasteiger partial charge on any atom is -0.486 e. The summed E-state index contributed by atoms with van der Waals surface area (Å²) in [5.41, 5.74) is 5.75. The lowest BCUT2D eigenvalue weighted by molar-refractivity contribution is -0.144. The quantitative estimate of drug-likeness (QED) is 0.793. The molecular weight excluding hydrogens is 306 g/mol. The fourth-order valence-corrected chi connectivity index (χ4v) is 1.97. The molecule has 2 rings (SSSR count). The van der Waals surface area contributed by atoms with Crippen molar-refractivity contribution in [1.29, 1.82) is 0 Å². The number of nitrogens with two attached hydrogens (primary N) is 1. The van der Waals surface area contributed by atoms with Crippen molar-refractivity contribution in [1.82, 2.24) is 0 Å². The van der Waals surface area contributed by atoms with Crippen molar-refractivity contribution in [2.45, 2.75) is 26.0 Å². The maximum absolute atomic E-state index is 11.5. The molecule has 0 saturated carbocycles. The molecule has 2 aromatic rings. The van der Waals surface area contributed by atoms with Gasteiger partial charge in [-0.3, -0.25) is 4.79 Å². The number of hydrogen-bond acceptors (Lipinski definition) is 5. The van der Waals surface area contributed by atoms with Crippen LogP contribution >= 0.6 is 11.6 Å². The molecule has 2 N–H and O–H groups in total. The highest BCUT2D eigenvalue weighted by Crippen LogP contribution is 2.18. The van der Waals surface area contributed by atoms with Gasteiger partial charge in [-0.05, 0) is 43.3 Å². The Morgan fingerprint density at radius 2 is 1.91 bits per heavy atom. The lowest BCUT2D eigenvalue weighted by Gasteiger charge is -2.08. The molecule has 118 valence electrons. The highest BCUT2D eigenvalue weighted by atomic mass is 35.5. The minimum absolute atomic E-state index is 0.288. The highest BCUT2D eigenvalue weighted by Gasteiger charge is 2.17. The summed E-state index contributed by atoms with van der Waals surface area (Å²) in [5, 5.41) is 0.653. The molecule has 0 aliphatic carbocycles. The Hall–Kier alpha value is -1.98. The highest BCUT2D eigenvalue weighted by molar-refractivity contribution is 6.30. The topological polar surface area (TPSA) is 74.7 Å². The van der Waals surface area contributed by atoms with Gasteiger partial charge >= 0.3 is 5.97 Å². The fourth-order valence-electron chi connectivity index (χ4n) is 1.84. The van der Waals surface area contributed by atoms with Gasteiger partial charge in [-0.15, -0.1) is 0 Å². The number of halogens is 1. The Morgan fingerprint density at radius 1 is 1.23 bits per heavy atom. The number of hydrogen-bond donors (Lipinski definition) is 1. The van der Waals surface area contributed by atoms with E-state index in [0.717, 1.165) is 0 Å². The van der Waals surface area contributed by atoms with E-state index in [0.29, 0.717) is 35.3 Å². The van der Waals surface area contributed by atoms with Crippen molar-refractivity contribution < 1.29 is 18.7 Å². The summed E-state index contributed by atoms with van der Waals surface area (Å²) in [6, 6.07) is 9.91. The zero-order valence-corrected chi connectivity index (χ0v) is 13.0. The second-order valence-electron chi connectivity index (χ2n) is 4.67. The summed E-state index contributed by atoms with van der Waals surface area (Å²) in [5.74, 6) is 1.54. The van der Waals surface area contributed by atoms with E-state index in [-0.39, 0.29) is 6.61 Å². The predicted octanol–water partition coefficient (Wildman–Crippen LogP) is 2.94. The first-order chi connectivity index (χ1) is 10.6. The van der Waals surface area contributed by atoms with E-state index >= 15 is 0 Å². The lowest BCUT2D eigenvalue weighted by Crippen LogP contribution is -2.34. The molecule has 5 nitrogen and oxygen atoms in total. The molecule has 22 heavy (non-hydrogen) atoms. The van der Waals surface area contributed by atoms with Crippen LogP contribution in [0.4, 0.5) is 0 Å². The van der Waals surface area contributed by atoms with Crippen molar-refractivity contribution in [3.63, 3.8) is 0 Å². The SMILES string of the molecule is CCOC(=O)C(N)Cc1ccc(COc2ccc(Cl)cc2)o1. The van der Waals surface area contributed by atoms with E-state index in [4.69, 9.17) is 31.2 Å². The maximum atomic E-state index is 11.5. The zero-order valence-electron chi connectivity index (χ0n) is 12.3. The number of rotatable bonds is 7. The van der Waals surface area contributed by atoms with Gasteiger partial charge in [-0.25, -0.2) is 0 Å². The second-order valence-corrected chi connectivity index (χ2v) is 5.11. The Balaban J connectivity index is 1.86. The monoisotopic (exact) mass is 323 g/mol. The molecule has 0 radical (unpaired) electrons. The fraction of sp³-hybridized carbons (Fsp3) is 0.312. The minimum atomic E-state index is -0.726. The van der Waals surface area contributed by atoms with Crippen molar-refractivity contribution in [3.8, 4) is 5.75 Å². The normalized spacial score (nSPS) is 12.0. The molecule has 0 spiro atoms. The molecule has 1 aromatic heterocycles. The van der Waals surface area contributed by atoms with Crippen molar-refractivity contribution in [3.05, 3.63) is 52.9 Å². The Bertz CT molecular complexity index is 609. The molecule has 0 saturated heterocycles. The summed E-state index contributed by atoms with van der Waals surface area (Å²) in [7, 11) is 0. The van der Waals surface area contributed by atoms with Crippen LogP contribution in [-0.2, 0) is 22.6 Å². The van der Waals surface area contributed by atoms with Crippen LogP contribution < -0.4 is 10.5 Å². The van der Waals surface area contributed by atoms with Crippen LogP contribution in [0.3, 0.4) is 0 Å². The maximum Gasteiger partial charge on any atom is 0.323 e. The largest absolute Gasteiger partial charge is 0.486 e. The molecule has 0 fully saturated rings. The summed E-state index contributed by atoms with van der Waals surface area (Å²) >= 11 is 5.80. The summed E-state index contributed by atoms with van der Waals surface area (Å²) < 4.78 is 16.0. The molecule has 1 heterocycles. The number of furan rings is 1. The van der Waals surface area contributed by atoms with E-state index in [9.17, 15) is 4.79 Å². The number of ether oxygens (including phenoxy) is 2. The van der Waals surface area contributed by atoms with Crippen LogP contribution in [0.5, 0.6) is 5.75 Å². The van der Waals surface area contributed by atoms with E-state index < -0.39 is 12.0 Å². The molecular formula is C16H18ClNO4. The first kappa shape index (κ1) is 16.4. The predicted molar refractivity (Wildman–Crippen MR) is 82.8 cm³/mol. The van der Waals surface area contributed by atoms with Gasteiger partial charge in [-0.2, -0.15) is 0 Å². The van der Waals surface area contributed by atoms with E-state index in [1.807, 2.05) is 0 Å². The number of esters is 1. The molecule has 0 aliphatic rings. The third-order valence-corrected chi connectivity index (χ3v) is 3.17. The lowest BCUT2D eigenvalue weighted by atomic mass is 10.2. The zero-order chi connectivity index (χ0) is 15.9. The molecule has 0 bridgehead atoms. The number of carbonyl (C=O) groups excluding carboxylic acids is 1.